The summed E-state index contributed by atoms with van der Waals surface area (Å²) >= 11 is 12.1. The summed E-state index contributed by atoms with van der Waals surface area (Å²) in [6, 6.07) is 3.26. The number of ether oxygens (including phenoxy) is 2. The van der Waals surface area contributed by atoms with Crippen LogP contribution in [0.15, 0.2) is 12.1 Å². The van der Waals surface area contributed by atoms with Crippen LogP contribution < -0.4 is 15.6 Å². The maximum atomic E-state index is 11.7. The Morgan fingerprint density at radius 1 is 1.38 bits per heavy atom. The van der Waals surface area contributed by atoms with E-state index in [-0.39, 0.29) is 6.04 Å². The number of hydrogen-bond acceptors (Lipinski definition) is 4. The van der Waals surface area contributed by atoms with E-state index in [1.54, 1.807) is 32.9 Å². The maximum Gasteiger partial charge on any atom is 0.422 e. The molecule has 0 saturated heterocycles. The summed E-state index contributed by atoms with van der Waals surface area (Å²) in [6.07, 6.45) is 0.142. The number of halogens is 2. The molecule has 0 saturated carbocycles. The second-order valence-electron chi connectivity index (χ2n) is 5.77. The highest BCUT2D eigenvalue weighted by Crippen LogP contribution is 2.39. The Morgan fingerprint density at radius 3 is 2.76 bits per heavy atom. The molecule has 2 N–H and O–H groups in total. The predicted molar refractivity (Wildman–Crippen MR) is 81.8 cm³/mol. The molecule has 1 aromatic rings. The number of carbonyl (C=O) groups excluding carboxylic acids is 1. The van der Waals surface area contributed by atoms with Crippen LogP contribution in [0, 0.1) is 0 Å². The average Bonchev–Trinajstić information content (AvgIpc) is 2.34. The molecule has 0 radical (unpaired) electrons. The zero-order chi connectivity index (χ0) is 15.6. The summed E-state index contributed by atoms with van der Waals surface area (Å²) in [5.41, 5.74) is 5.73. The minimum Gasteiger partial charge on any atom is -0.492 e. The summed E-state index contributed by atoms with van der Waals surface area (Å²) in [6.45, 7) is 5.91. The van der Waals surface area contributed by atoms with Gasteiger partial charge >= 0.3 is 6.09 Å². The highest BCUT2D eigenvalue weighted by atomic mass is 35.5. The molecule has 1 aromatic carbocycles. The van der Waals surface area contributed by atoms with Gasteiger partial charge in [0.15, 0.2) is 0 Å². The number of fused-ring (bicyclic) bond motifs is 1. The van der Waals surface area contributed by atoms with Crippen molar-refractivity contribution in [2.45, 2.75) is 38.8 Å². The molecule has 1 unspecified atom stereocenters. The van der Waals surface area contributed by atoms with Gasteiger partial charge in [-0.1, -0.05) is 23.2 Å². The number of hydrazine groups is 1. The zero-order valence-electron chi connectivity index (χ0n) is 12.1. The quantitative estimate of drug-likeness (QED) is 0.807. The number of carbonyl (C=O) groups is 1. The van der Waals surface area contributed by atoms with E-state index in [4.69, 9.17) is 32.7 Å². The van der Waals surface area contributed by atoms with Gasteiger partial charge in [0.05, 0.1) is 17.7 Å². The van der Waals surface area contributed by atoms with E-state index in [1.165, 1.54) is 0 Å². The van der Waals surface area contributed by atoms with Crippen LogP contribution in [0.5, 0.6) is 5.75 Å². The van der Waals surface area contributed by atoms with Gasteiger partial charge in [-0.25, -0.2) is 10.2 Å². The SMILES string of the molecule is CC(C)(C)OC(=O)NNC1CCOc2c(Cl)cc(Cl)cc21. The Morgan fingerprint density at radius 2 is 2.10 bits per heavy atom. The first-order valence-corrected chi connectivity index (χ1v) is 7.38. The van der Waals surface area contributed by atoms with E-state index in [9.17, 15) is 4.79 Å². The van der Waals surface area contributed by atoms with Crippen LogP contribution in [-0.2, 0) is 4.74 Å². The number of amides is 1. The van der Waals surface area contributed by atoms with Gasteiger partial charge in [-0.3, -0.25) is 5.43 Å². The van der Waals surface area contributed by atoms with Crippen LogP contribution in [0.4, 0.5) is 4.79 Å². The molecule has 2 rings (SSSR count). The third kappa shape index (κ3) is 4.40. The van der Waals surface area contributed by atoms with E-state index in [0.29, 0.717) is 28.8 Å². The number of rotatable bonds is 2. The van der Waals surface area contributed by atoms with Gasteiger partial charge in [0.25, 0.3) is 0 Å². The molecular formula is C14H18Cl2N2O3. The fourth-order valence-corrected chi connectivity index (χ4v) is 2.59. The number of benzene rings is 1. The second-order valence-corrected chi connectivity index (χ2v) is 6.61. The third-order valence-corrected chi connectivity index (χ3v) is 3.31. The minimum atomic E-state index is -0.550. The molecule has 1 aliphatic rings. The topological polar surface area (TPSA) is 59.6 Å². The molecule has 0 bridgehead atoms. The van der Waals surface area contributed by atoms with Gasteiger partial charge in [0.2, 0.25) is 0 Å². The van der Waals surface area contributed by atoms with Crippen molar-refractivity contribution < 1.29 is 14.3 Å². The van der Waals surface area contributed by atoms with Crippen LogP contribution in [0.3, 0.4) is 0 Å². The molecular weight excluding hydrogens is 315 g/mol. The Labute approximate surface area is 133 Å². The minimum absolute atomic E-state index is 0.141. The normalized spacial score (nSPS) is 17.7. The number of hydrogen-bond donors (Lipinski definition) is 2. The summed E-state index contributed by atoms with van der Waals surface area (Å²) in [5.74, 6) is 0.593. The van der Waals surface area contributed by atoms with Gasteiger partial charge in [-0.05, 0) is 32.9 Å². The van der Waals surface area contributed by atoms with Crippen molar-refractivity contribution in [1.82, 2.24) is 10.9 Å². The lowest BCUT2D eigenvalue weighted by atomic mass is 10.0. The molecule has 0 spiro atoms. The Balaban J connectivity index is 2.05. The van der Waals surface area contributed by atoms with Gasteiger partial charge in [-0.2, -0.15) is 0 Å². The highest BCUT2D eigenvalue weighted by Gasteiger charge is 2.25. The summed E-state index contributed by atoms with van der Waals surface area (Å²) in [7, 11) is 0. The third-order valence-electron chi connectivity index (χ3n) is 2.81. The molecule has 1 heterocycles. The van der Waals surface area contributed by atoms with Crippen LogP contribution in [0.2, 0.25) is 10.0 Å². The van der Waals surface area contributed by atoms with Crippen molar-refractivity contribution in [3.8, 4) is 5.75 Å². The van der Waals surface area contributed by atoms with Crippen molar-refractivity contribution in [2.75, 3.05) is 6.61 Å². The molecule has 1 aliphatic heterocycles. The van der Waals surface area contributed by atoms with E-state index in [2.05, 4.69) is 10.9 Å². The molecule has 0 fully saturated rings. The fourth-order valence-electron chi connectivity index (χ4n) is 2.03. The molecule has 1 amide bonds. The van der Waals surface area contributed by atoms with Gasteiger partial charge in [0.1, 0.15) is 11.4 Å². The Kier molecular flexibility index (Phi) is 4.86. The smallest absolute Gasteiger partial charge is 0.422 e. The average molecular weight is 333 g/mol. The molecule has 0 aromatic heterocycles. The van der Waals surface area contributed by atoms with Crippen LogP contribution in [0.1, 0.15) is 38.8 Å². The lowest BCUT2D eigenvalue weighted by Crippen LogP contribution is -2.44. The van der Waals surface area contributed by atoms with Gasteiger partial charge < -0.3 is 9.47 Å². The first-order chi connectivity index (χ1) is 9.76. The highest BCUT2D eigenvalue weighted by molar-refractivity contribution is 6.35. The van der Waals surface area contributed by atoms with Gasteiger partial charge in [0, 0.05) is 17.0 Å². The predicted octanol–water partition coefficient (Wildman–Crippen LogP) is 3.85. The molecule has 1 atom stereocenters. The van der Waals surface area contributed by atoms with Crippen molar-refractivity contribution in [1.29, 1.82) is 0 Å². The largest absolute Gasteiger partial charge is 0.492 e. The van der Waals surface area contributed by atoms with Crippen LogP contribution in [-0.4, -0.2) is 18.3 Å². The lowest BCUT2D eigenvalue weighted by Gasteiger charge is -2.28. The molecule has 7 heteroatoms. The number of nitrogens with one attached hydrogen (secondary N) is 2. The second kappa shape index (κ2) is 6.30. The standard InChI is InChI=1S/C14H18Cl2N2O3/c1-14(2,3)21-13(19)18-17-11-4-5-20-12-9(11)6-8(15)7-10(12)16/h6-7,11,17H,4-5H2,1-3H3,(H,18,19). The van der Waals surface area contributed by atoms with Gasteiger partial charge in [-0.15, -0.1) is 0 Å². The summed E-state index contributed by atoms with van der Waals surface area (Å²) in [5, 5.41) is 0.981. The van der Waals surface area contributed by atoms with E-state index >= 15 is 0 Å². The van der Waals surface area contributed by atoms with E-state index < -0.39 is 11.7 Å². The van der Waals surface area contributed by atoms with Crippen LogP contribution >= 0.6 is 23.2 Å². The van der Waals surface area contributed by atoms with Crippen molar-refractivity contribution in [3.63, 3.8) is 0 Å². The Bertz CT molecular complexity index is 544. The van der Waals surface area contributed by atoms with Crippen molar-refractivity contribution in [3.05, 3.63) is 27.7 Å². The van der Waals surface area contributed by atoms with E-state index in [0.717, 1.165) is 5.56 Å². The Hall–Kier alpha value is -1.17. The fraction of sp³-hybridized carbons (Fsp3) is 0.500. The first-order valence-electron chi connectivity index (χ1n) is 6.62. The molecule has 5 nitrogen and oxygen atoms in total. The van der Waals surface area contributed by atoms with Crippen LogP contribution in [0.25, 0.3) is 0 Å². The molecule has 21 heavy (non-hydrogen) atoms. The first kappa shape index (κ1) is 16.2. The zero-order valence-corrected chi connectivity index (χ0v) is 13.6. The lowest BCUT2D eigenvalue weighted by molar-refractivity contribution is 0.0481. The van der Waals surface area contributed by atoms with Crippen molar-refractivity contribution >= 4 is 29.3 Å². The van der Waals surface area contributed by atoms with Crippen molar-refractivity contribution in [2.24, 2.45) is 0 Å². The molecule has 0 aliphatic carbocycles. The summed E-state index contributed by atoms with van der Waals surface area (Å²) in [4.78, 5) is 11.7. The summed E-state index contributed by atoms with van der Waals surface area (Å²) < 4.78 is 10.7. The monoisotopic (exact) mass is 332 g/mol. The molecule has 116 valence electrons. The maximum absolute atomic E-state index is 11.7. The van der Waals surface area contributed by atoms with E-state index in [1.807, 2.05) is 0 Å².